The van der Waals surface area contributed by atoms with Gasteiger partial charge in [0.05, 0.1) is 5.92 Å². The molecule has 2 unspecified atom stereocenters. The van der Waals surface area contributed by atoms with Crippen molar-refractivity contribution in [2.45, 2.75) is 147 Å². The molecule has 0 aliphatic carbocycles. The van der Waals surface area contributed by atoms with Gasteiger partial charge >= 0.3 is 63.3 Å². The van der Waals surface area contributed by atoms with Gasteiger partial charge in [-0.3, -0.25) is 14.1 Å². The van der Waals surface area contributed by atoms with Crippen molar-refractivity contribution in [3.8, 4) is 0 Å². The van der Waals surface area contributed by atoms with E-state index in [0.717, 1.165) is 51.4 Å². The van der Waals surface area contributed by atoms with E-state index in [0.29, 0.717) is 12.8 Å². The summed E-state index contributed by atoms with van der Waals surface area (Å²) in [6.07, 6.45) is 17.0. The van der Waals surface area contributed by atoms with Crippen LogP contribution in [-0.2, 0) is 19.7 Å². The van der Waals surface area contributed by atoms with E-state index in [1.807, 2.05) is 0 Å². The van der Waals surface area contributed by atoms with Crippen LogP contribution in [0, 0.1) is 5.92 Å². The molecular weight excluding hydrogens is 495 g/mol. The Kier molecular flexibility index (Phi) is 24.2. The maximum absolute atomic E-state index is 12.3. The first-order chi connectivity index (χ1) is 16.1. The Hall–Kier alpha value is 0.486. The molecule has 0 amide bonds. The monoisotopic (exact) mass is 546 g/mol. The molecule has 9 heteroatoms. The summed E-state index contributed by atoms with van der Waals surface area (Å²) in [6.45, 7) is 4.32. The molecule has 0 saturated carbocycles. The molecule has 0 spiro atoms. The molecule has 0 rings (SSSR count). The van der Waals surface area contributed by atoms with Crippen molar-refractivity contribution < 1.29 is 32.8 Å². The van der Waals surface area contributed by atoms with Gasteiger partial charge in [-0.25, -0.2) is 0 Å². The molecular formula is C26H51KO7S. The molecule has 0 fully saturated rings. The predicted octanol–water partition coefficient (Wildman–Crippen LogP) is 6.59. The van der Waals surface area contributed by atoms with Gasteiger partial charge in [0.25, 0.3) is 10.1 Å². The second-order valence-electron chi connectivity index (χ2n) is 9.76. The quantitative estimate of drug-likeness (QED) is 0.0707. The van der Waals surface area contributed by atoms with Crippen molar-refractivity contribution in [2.24, 2.45) is 5.92 Å². The Morgan fingerprint density at radius 3 is 1.31 bits per heavy atom. The van der Waals surface area contributed by atoms with Crippen LogP contribution >= 0.6 is 0 Å². The van der Waals surface area contributed by atoms with Gasteiger partial charge in [-0.05, 0) is 12.8 Å². The molecule has 0 aromatic carbocycles. The van der Waals surface area contributed by atoms with Crippen LogP contribution in [0.1, 0.15) is 142 Å². The van der Waals surface area contributed by atoms with Crippen molar-refractivity contribution in [3.63, 3.8) is 0 Å². The molecule has 0 aliphatic heterocycles. The fourth-order valence-electron chi connectivity index (χ4n) is 4.76. The van der Waals surface area contributed by atoms with Crippen LogP contribution in [0.15, 0.2) is 0 Å². The minimum atomic E-state index is -5.12. The number of carbonyl (C=O) groups is 2. The third-order valence-electron chi connectivity index (χ3n) is 6.93. The number of carboxylic acids is 2. The summed E-state index contributed by atoms with van der Waals surface area (Å²) in [6, 6.07) is 0. The zero-order chi connectivity index (χ0) is 25.9. The molecule has 35 heavy (non-hydrogen) atoms. The normalized spacial score (nSPS) is 14.1. The topological polar surface area (TPSA) is 129 Å². The first kappa shape index (κ1) is 37.6. The summed E-state index contributed by atoms with van der Waals surface area (Å²) in [5.74, 6) is -4.91. The van der Waals surface area contributed by atoms with Crippen LogP contribution in [0.2, 0.25) is 0 Å². The molecule has 0 aliphatic rings. The van der Waals surface area contributed by atoms with Crippen molar-refractivity contribution in [2.75, 3.05) is 0 Å². The second kappa shape index (κ2) is 22.5. The van der Waals surface area contributed by atoms with E-state index in [9.17, 15) is 32.8 Å². The van der Waals surface area contributed by atoms with Gasteiger partial charge in [0, 0.05) is 0 Å². The summed E-state index contributed by atoms with van der Waals surface area (Å²) in [7, 11) is -5.12. The minimum absolute atomic E-state index is 0. The SMILES string of the molecule is CCCCCCCCCCCC(C(=O)O)C(CCCCCCCCCCC)(C(=O)O)S(=O)(=O)O.[KH]. The summed E-state index contributed by atoms with van der Waals surface area (Å²) in [5, 5.41) is 19.6. The van der Waals surface area contributed by atoms with Crippen LogP contribution in [-0.4, -0.2) is 91.3 Å². The van der Waals surface area contributed by atoms with Crippen molar-refractivity contribution >= 4 is 73.4 Å². The van der Waals surface area contributed by atoms with E-state index in [-0.39, 0.29) is 70.6 Å². The van der Waals surface area contributed by atoms with Gasteiger partial charge in [0.15, 0.2) is 0 Å². The molecule has 7 nitrogen and oxygen atoms in total. The molecule has 3 N–H and O–H groups in total. The van der Waals surface area contributed by atoms with E-state index < -0.39 is 32.7 Å². The number of hydrogen-bond acceptors (Lipinski definition) is 4. The third kappa shape index (κ3) is 15.5. The number of hydrogen-bond donors (Lipinski definition) is 3. The van der Waals surface area contributed by atoms with Gasteiger partial charge in [0.2, 0.25) is 4.75 Å². The summed E-state index contributed by atoms with van der Waals surface area (Å²) < 4.78 is 31.8. The Bertz CT molecular complexity index is 654. The Balaban J connectivity index is 0. The average molecular weight is 547 g/mol. The Labute approximate surface area is 256 Å². The predicted molar refractivity (Wildman–Crippen MR) is 144 cm³/mol. The Morgan fingerprint density at radius 2 is 1.00 bits per heavy atom. The zero-order valence-corrected chi connectivity index (χ0v) is 22.4. The summed E-state index contributed by atoms with van der Waals surface area (Å²) >= 11 is 0. The van der Waals surface area contributed by atoms with Gasteiger partial charge in [0.1, 0.15) is 0 Å². The van der Waals surface area contributed by atoms with Crippen LogP contribution in [0.5, 0.6) is 0 Å². The molecule has 0 aromatic rings. The van der Waals surface area contributed by atoms with E-state index in [1.54, 1.807) is 0 Å². The van der Waals surface area contributed by atoms with Gasteiger partial charge in [-0.1, -0.05) is 129 Å². The van der Waals surface area contributed by atoms with Crippen molar-refractivity contribution in [1.82, 2.24) is 0 Å². The first-order valence-corrected chi connectivity index (χ1v) is 15.0. The third-order valence-corrected chi connectivity index (χ3v) is 8.52. The fraction of sp³-hybridized carbons (Fsp3) is 0.923. The Morgan fingerprint density at radius 1 is 0.657 bits per heavy atom. The number of aliphatic carboxylic acids is 2. The fourth-order valence-corrected chi connectivity index (χ4v) is 5.96. The van der Waals surface area contributed by atoms with Crippen LogP contribution in [0.25, 0.3) is 0 Å². The van der Waals surface area contributed by atoms with Crippen molar-refractivity contribution in [1.29, 1.82) is 0 Å². The van der Waals surface area contributed by atoms with Gasteiger partial charge in [-0.15, -0.1) is 0 Å². The molecule has 0 heterocycles. The molecule has 0 saturated heterocycles. The molecule has 2 atom stereocenters. The number of unbranched alkanes of at least 4 members (excludes halogenated alkanes) is 16. The van der Waals surface area contributed by atoms with Crippen LogP contribution < -0.4 is 0 Å². The second-order valence-corrected chi connectivity index (χ2v) is 11.4. The number of carboxylic acid groups (broad SMARTS) is 2. The number of rotatable bonds is 24. The van der Waals surface area contributed by atoms with Crippen LogP contribution in [0.4, 0.5) is 0 Å². The molecule has 0 radical (unpaired) electrons. The maximum atomic E-state index is 12.3. The summed E-state index contributed by atoms with van der Waals surface area (Å²) in [5.41, 5.74) is 0. The average Bonchev–Trinajstić information content (AvgIpc) is 2.76. The van der Waals surface area contributed by atoms with Gasteiger partial charge in [-0.2, -0.15) is 8.42 Å². The van der Waals surface area contributed by atoms with Crippen molar-refractivity contribution in [3.05, 3.63) is 0 Å². The zero-order valence-electron chi connectivity index (χ0n) is 21.6. The van der Waals surface area contributed by atoms with E-state index in [4.69, 9.17) is 0 Å². The summed E-state index contributed by atoms with van der Waals surface area (Å²) in [4.78, 5) is 24.1. The van der Waals surface area contributed by atoms with E-state index in [1.165, 1.54) is 44.9 Å². The van der Waals surface area contributed by atoms with Crippen LogP contribution in [0.3, 0.4) is 0 Å². The first-order valence-electron chi connectivity index (χ1n) is 13.6. The van der Waals surface area contributed by atoms with E-state index in [2.05, 4.69) is 13.8 Å². The van der Waals surface area contributed by atoms with E-state index >= 15 is 0 Å². The molecule has 204 valence electrons. The standard InChI is InChI=1S/C26H50O7S.K.H/c1-3-5-7-9-11-13-15-17-19-21-23(24(27)28)26(25(29)30,34(31,32)33)22-20-18-16-14-12-10-8-6-4-2;;/h23H,3-22H2,1-2H3,(H,27,28)(H,29,30)(H,31,32,33);;. The molecule has 0 aromatic heterocycles. The van der Waals surface area contributed by atoms with Gasteiger partial charge < -0.3 is 10.2 Å². The molecule has 0 bridgehead atoms.